The van der Waals surface area contributed by atoms with Crippen LogP contribution in [0.4, 0.5) is 8.78 Å². The maximum Gasteiger partial charge on any atom is 0.387 e. The highest BCUT2D eigenvalue weighted by atomic mass is 35.5. The Bertz CT molecular complexity index is 647. The summed E-state index contributed by atoms with van der Waals surface area (Å²) in [6, 6.07) is 7.45. The lowest BCUT2D eigenvalue weighted by Crippen LogP contribution is -2.02. The Balaban J connectivity index is 2.53. The van der Waals surface area contributed by atoms with Crippen molar-refractivity contribution in [1.82, 2.24) is 0 Å². The molecular weight excluding hydrogens is 352 g/mol. The Morgan fingerprint density at radius 3 is 2.25 bits per heavy atom. The van der Waals surface area contributed by atoms with Crippen molar-refractivity contribution in [2.45, 2.75) is 6.61 Å². The molecule has 0 unspecified atom stereocenters. The van der Waals surface area contributed by atoms with E-state index in [-0.39, 0.29) is 20.8 Å². The first-order valence-electron chi connectivity index (χ1n) is 5.27. The van der Waals surface area contributed by atoms with Crippen molar-refractivity contribution in [3.05, 3.63) is 50.4 Å². The second-order valence-corrected chi connectivity index (χ2v) is 5.40. The van der Waals surface area contributed by atoms with Gasteiger partial charge in [0.1, 0.15) is 5.75 Å². The molecule has 2 aromatic rings. The first-order chi connectivity index (χ1) is 9.38. The van der Waals surface area contributed by atoms with E-state index in [2.05, 4.69) is 4.74 Å². The number of hydrogen-bond acceptors (Lipinski definition) is 1. The average Bonchev–Trinajstić information content (AvgIpc) is 2.36. The van der Waals surface area contributed by atoms with Gasteiger partial charge in [0.25, 0.3) is 0 Å². The Hall–Kier alpha value is -0.740. The van der Waals surface area contributed by atoms with Crippen molar-refractivity contribution in [1.29, 1.82) is 0 Å². The van der Waals surface area contributed by atoms with E-state index in [9.17, 15) is 8.78 Å². The highest BCUT2D eigenvalue weighted by Gasteiger charge is 2.13. The largest absolute Gasteiger partial charge is 0.433 e. The quantitative estimate of drug-likeness (QED) is 0.564. The van der Waals surface area contributed by atoms with Crippen molar-refractivity contribution in [2.24, 2.45) is 0 Å². The molecule has 7 heteroatoms. The zero-order valence-corrected chi connectivity index (χ0v) is 12.7. The molecule has 0 radical (unpaired) electrons. The Morgan fingerprint density at radius 1 is 0.900 bits per heavy atom. The van der Waals surface area contributed by atoms with Gasteiger partial charge >= 0.3 is 6.61 Å². The first kappa shape index (κ1) is 15.6. The molecular formula is C13H6Cl4F2O. The second-order valence-electron chi connectivity index (χ2n) is 3.77. The van der Waals surface area contributed by atoms with Gasteiger partial charge < -0.3 is 4.74 Å². The number of hydrogen-bond donors (Lipinski definition) is 0. The van der Waals surface area contributed by atoms with E-state index in [0.717, 1.165) is 0 Å². The first-order valence-corrected chi connectivity index (χ1v) is 6.79. The third kappa shape index (κ3) is 3.47. The summed E-state index contributed by atoms with van der Waals surface area (Å²) in [5.74, 6) is -0.147. The van der Waals surface area contributed by atoms with Crippen molar-refractivity contribution in [3.63, 3.8) is 0 Å². The van der Waals surface area contributed by atoms with E-state index in [1.54, 1.807) is 12.1 Å². The van der Waals surface area contributed by atoms with Crippen molar-refractivity contribution in [2.75, 3.05) is 0 Å². The molecule has 0 spiro atoms. The molecule has 0 aromatic heterocycles. The van der Waals surface area contributed by atoms with E-state index < -0.39 is 6.61 Å². The van der Waals surface area contributed by atoms with Gasteiger partial charge in [-0.15, -0.1) is 0 Å². The molecule has 2 aromatic carbocycles. The van der Waals surface area contributed by atoms with Gasteiger partial charge in [-0.3, -0.25) is 0 Å². The molecule has 0 heterocycles. The van der Waals surface area contributed by atoms with E-state index in [0.29, 0.717) is 16.1 Å². The summed E-state index contributed by atoms with van der Waals surface area (Å²) in [4.78, 5) is 0. The number of alkyl halides is 2. The third-order valence-electron chi connectivity index (χ3n) is 2.45. The molecule has 0 saturated carbocycles. The van der Waals surface area contributed by atoms with Crippen LogP contribution in [0.2, 0.25) is 20.1 Å². The normalized spacial score (nSPS) is 10.9. The maximum absolute atomic E-state index is 12.3. The fourth-order valence-corrected chi connectivity index (χ4v) is 2.50. The van der Waals surface area contributed by atoms with Gasteiger partial charge in [0.15, 0.2) is 0 Å². The van der Waals surface area contributed by atoms with Crippen LogP contribution >= 0.6 is 46.4 Å². The van der Waals surface area contributed by atoms with Crippen LogP contribution in [-0.2, 0) is 0 Å². The van der Waals surface area contributed by atoms with Gasteiger partial charge in [0.2, 0.25) is 0 Å². The Morgan fingerprint density at radius 2 is 1.60 bits per heavy atom. The zero-order chi connectivity index (χ0) is 14.9. The van der Waals surface area contributed by atoms with Gasteiger partial charge in [-0.05, 0) is 29.8 Å². The van der Waals surface area contributed by atoms with Crippen LogP contribution in [-0.4, -0.2) is 6.61 Å². The summed E-state index contributed by atoms with van der Waals surface area (Å²) >= 11 is 23.7. The minimum atomic E-state index is -2.97. The smallest absolute Gasteiger partial charge is 0.387 e. The minimum Gasteiger partial charge on any atom is -0.433 e. The van der Waals surface area contributed by atoms with Crippen LogP contribution in [0.5, 0.6) is 5.75 Å². The topological polar surface area (TPSA) is 9.23 Å². The zero-order valence-electron chi connectivity index (χ0n) is 9.64. The predicted octanol–water partition coefficient (Wildman–Crippen LogP) is 6.57. The fraction of sp³-hybridized carbons (Fsp3) is 0.0769. The van der Waals surface area contributed by atoms with Crippen molar-refractivity contribution >= 4 is 46.4 Å². The molecule has 20 heavy (non-hydrogen) atoms. The van der Waals surface area contributed by atoms with E-state index in [1.807, 2.05) is 0 Å². The molecule has 0 N–H and O–H groups in total. The molecule has 0 atom stereocenters. The molecule has 0 aliphatic rings. The monoisotopic (exact) mass is 356 g/mol. The molecule has 0 saturated heterocycles. The van der Waals surface area contributed by atoms with E-state index in [4.69, 9.17) is 46.4 Å². The Labute approximate surface area is 134 Å². The molecule has 106 valence electrons. The summed E-state index contributed by atoms with van der Waals surface area (Å²) in [6.45, 7) is -2.97. The van der Waals surface area contributed by atoms with Gasteiger partial charge in [-0.25, -0.2) is 0 Å². The van der Waals surface area contributed by atoms with Crippen LogP contribution < -0.4 is 4.74 Å². The highest BCUT2D eigenvalue weighted by molar-refractivity contribution is 6.45. The summed E-state index contributed by atoms with van der Waals surface area (Å²) in [5, 5.41) is 0.973. The van der Waals surface area contributed by atoms with Crippen LogP contribution in [0, 0.1) is 0 Å². The molecule has 0 bridgehead atoms. The number of halogens is 6. The van der Waals surface area contributed by atoms with Gasteiger partial charge in [-0.1, -0.05) is 52.5 Å². The Kier molecular flexibility index (Phi) is 4.97. The maximum atomic E-state index is 12.3. The lowest BCUT2D eigenvalue weighted by atomic mass is 10.1. The number of benzene rings is 2. The van der Waals surface area contributed by atoms with Crippen LogP contribution in [0.25, 0.3) is 11.1 Å². The molecule has 0 aliphatic carbocycles. The number of rotatable bonds is 3. The fourth-order valence-electron chi connectivity index (χ4n) is 1.62. The second kappa shape index (κ2) is 6.35. The molecule has 0 aliphatic heterocycles. The van der Waals surface area contributed by atoms with Crippen LogP contribution in [0.3, 0.4) is 0 Å². The summed E-state index contributed by atoms with van der Waals surface area (Å²) in [5.41, 5.74) is 1.01. The minimum absolute atomic E-state index is 0.0679. The molecule has 0 amide bonds. The molecule has 2 rings (SSSR count). The van der Waals surface area contributed by atoms with E-state index >= 15 is 0 Å². The number of ether oxygens (including phenoxy) is 1. The summed E-state index contributed by atoms with van der Waals surface area (Å²) in [7, 11) is 0. The lowest BCUT2D eigenvalue weighted by Gasteiger charge is -2.11. The summed E-state index contributed by atoms with van der Waals surface area (Å²) < 4.78 is 28.9. The summed E-state index contributed by atoms with van der Waals surface area (Å²) in [6.07, 6.45) is 0. The van der Waals surface area contributed by atoms with Crippen LogP contribution in [0.15, 0.2) is 30.3 Å². The molecule has 1 nitrogen and oxygen atoms in total. The SMILES string of the molecule is FC(F)Oc1cc(-c2cc(Cl)cc(Cl)c2Cl)ccc1Cl. The predicted molar refractivity (Wildman–Crippen MR) is 78.6 cm³/mol. The van der Waals surface area contributed by atoms with Gasteiger partial charge in [0.05, 0.1) is 15.1 Å². The van der Waals surface area contributed by atoms with Crippen molar-refractivity contribution < 1.29 is 13.5 Å². The highest BCUT2D eigenvalue weighted by Crippen LogP contribution is 2.39. The van der Waals surface area contributed by atoms with Gasteiger partial charge in [-0.2, -0.15) is 8.78 Å². The van der Waals surface area contributed by atoms with Crippen molar-refractivity contribution in [3.8, 4) is 16.9 Å². The average molecular weight is 358 g/mol. The standard InChI is InChI=1S/C13H6Cl4F2O/c14-7-4-8(12(17)10(16)5-7)6-1-2-9(15)11(3-6)20-13(18)19/h1-5,13H. The van der Waals surface area contributed by atoms with Gasteiger partial charge in [0, 0.05) is 10.6 Å². The van der Waals surface area contributed by atoms with Crippen LogP contribution in [0.1, 0.15) is 0 Å². The van der Waals surface area contributed by atoms with E-state index in [1.165, 1.54) is 18.2 Å². The molecule has 0 fully saturated rings. The third-order valence-corrected chi connectivity index (χ3v) is 3.78. The lowest BCUT2D eigenvalue weighted by molar-refractivity contribution is -0.0497.